The number of fused-ring (bicyclic) bond motifs is 1. The van der Waals surface area contributed by atoms with E-state index in [4.69, 9.17) is 44.9 Å². The predicted octanol–water partition coefficient (Wildman–Crippen LogP) is 3.85. The summed E-state index contributed by atoms with van der Waals surface area (Å²) < 4.78 is 10.4. The predicted molar refractivity (Wildman–Crippen MR) is 92.7 cm³/mol. The lowest BCUT2D eigenvalue weighted by atomic mass is 10.2. The average molecular weight is 369 g/mol. The smallest absolute Gasteiger partial charge is 0.257 e. The maximum atomic E-state index is 12.2. The molecule has 0 spiro atoms. The molecule has 1 aliphatic rings. The van der Waals surface area contributed by atoms with Gasteiger partial charge in [0.25, 0.3) is 5.91 Å². The molecule has 0 bridgehead atoms. The lowest BCUT2D eigenvalue weighted by molar-refractivity contribution is 0.0977. The first kappa shape index (κ1) is 15.9. The van der Waals surface area contributed by atoms with Crippen molar-refractivity contribution >= 4 is 52.1 Å². The number of halogens is 2. The van der Waals surface area contributed by atoms with Gasteiger partial charge in [-0.3, -0.25) is 10.1 Å². The van der Waals surface area contributed by atoms with Gasteiger partial charge in [-0.25, -0.2) is 0 Å². The molecule has 2 aromatic rings. The third-order valence-electron chi connectivity index (χ3n) is 3.04. The van der Waals surface area contributed by atoms with Crippen molar-refractivity contribution in [3.05, 3.63) is 52.0 Å². The molecule has 3 rings (SSSR count). The Labute approximate surface area is 147 Å². The first-order valence-electron chi connectivity index (χ1n) is 6.50. The third-order valence-corrected chi connectivity index (χ3v) is 3.79. The van der Waals surface area contributed by atoms with Crippen molar-refractivity contribution in [2.45, 2.75) is 0 Å². The number of benzene rings is 2. The van der Waals surface area contributed by atoms with Crippen LogP contribution in [0.15, 0.2) is 36.4 Å². The Morgan fingerprint density at radius 3 is 2.65 bits per heavy atom. The monoisotopic (exact) mass is 368 g/mol. The minimum atomic E-state index is -0.370. The SMILES string of the molecule is O=C(NC(=S)Nc1ccc(Cl)cc1Cl)c1ccc2c(c1)OCO2. The molecule has 0 aromatic heterocycles. The highest BCUT2D eigenvalue weighted by molar-refractivity contribution is 7.80. The fourth-order valence-electron chi connectivity index (χ4n) is 1.96. The second-order valence-corrected chi connectivity index (χ2v) is 5.85. The maximum Gasteiger partial charge on any atom is 0.257 e. The molecule has 0 atom stereocenters. The number of anilines is 1. The summed E-state index contributed by atoms with van der Waals surface area (Å²) >= 11 is 17.0. The van der Waals surface area contributed by atoms with E-state index >= 15 is 0 Å². The van der Waals surface area contributed by atoms with Crippen LogP contribution in [0, 0.1) is 0 Å². The van der Waals surface area contributed by atoms with E-state index in [1.165, 1.54) is 0 Å². The van der Waals surface area contributed by atoms with Gasteiger partial charge in [-0.2, -0.15) is 0 Å². The van der Waals surface area contributed by atoms with Crippen LogP contribution in [0.5, 0.6) is 11.5 Å². The molecule has 2 N–H and O–H groups in total. The minimum absolute atomic E-state index is 0.122. The number of carbonyl (C=O) groups is 1. The average Bonchev–Trinajstić information content (AvgIpc) is 2.97. The number of amides is 1. The standard InChI is InChI=1S/C15H10Cl2N2O3S/c16-9-2-3-11(10(17)6-9)18-15(23)19-14(20)8-1-4-12-13(5-8)22-7-21-12/h1-6H,7H2,(H2,18,19,20,23). The number of thiocarbonyl (C=S) groups is 1. The van der Waals surface area contributed by atoms with Crippen molar-refractivity contribution in [3.8, 4) is 11.5 Å². The second-order valence-electron chi connectivity index (χ2n) is 4.60. The van der Waals surface area contributed by atoms with Crippen molar-refractivity contribution in [1.29, 1.82) is 0 Å². The number of hydrogen-bond acceptors (Lipinski definition) is 4. The van der Waals surface area contributed by atoms with Gasteiger partial charge in [-0.1, -0.05) is 23.2 Å². The van der Waals surface area contributed by atoms with Crippen molar-refractivity contribution in [3.63, 3.8) is 0 Å². The number of hydrogen-bond donors (Lipinski definition) is 2. The van der Waals surface area contributed by atoms with Crippen molar-refractivity contribution in [1.82, 2.24) is 5.32 Å². The van der Waals surface area contributed by atoms with Gasteiger partial charge >= 0.3 is 0 Å². The van der Waals surface area contributed by atoms with E-state index in [1.54, 1.807) is 36.4 Å². The van der Waals surface area contributed by atoms with Gasteiger partial charge in [0.15, 0.2) is 16.6 Å². The molecule has 1 amide bonds. The number of rotatable bonds is 2. The molecule has 0 saturated heterocycles. The zero-order valence-corrected chi connectivity index (χ0v) is 13.9. The van der Waals surface area contributed by atoms with Crippen LogP contribution in [0.25, 0.3) is 0 Å². The molecular formula is C15H10Cl2N2O3S. The molecule has 8 heteroatoms. The Kier molecular flexibility index (Phi) is 4.56. The van der Waals surface area contributed by atoms with E-state index in [0.29, 0.717) is 32.8 Å². The zero-order chi connectivity index (χ0) is 16.4. The Bertz CT molecular complexity index is 798. The molecule has 1 aliphatic heterocycles. The summed E-state index contributed by atoms with van der Waals surface area (Å²) in [6.45, 7) is 0.148. The van der Waals surface area contributed by atoms with Gasteiger partial charge < -0.3 is 14.8 Å². The summed E-state index contributed by atoms with van der Waals surface area (Å²) in [5, 5.41) is 6.45. The van der Waals surface area contributed by atoms with Crippen LogP contribution in [0.1, 0.15) is 10.4 Å². The first-order valence-corrected chi connectivity index (χ1v) is 7.66. The normalized spacial score (nSPS) is 11.9. The van der Waals surface area contributed by atoms with Gasteiger partial charge in [0.2, 0.25) is 6.79 Å². The molecule has 0 unspecified atom stereocenters. The molecule has 0 radical (unpaired) electrons. The van der Waals surface area contributed by atoms with Crippen LogP contribution < -0.4 is 20.1 Å². The highest BCUT2D eigenvalue weighted by atomic mass is 35.5. The van der Waals surface area contributed by atoms with E-state index in [-0.39, 0.29) is 17.8 Å². The molecule has 2 aromatic carbocycles. The summed E-state index contributed by atoms with van der Waals surface area (Å²) in [6, 6.07) is 9.80. The van der Waals surface area contributed by atoms with E-state index < -0.39 is 0 Å². The van der Waals surface area contributed by atoms with Crippen LogP contribution >= 0.6 is 35.4 Å². The van der Waals surface area contributed by atoms with Crippen molar-refractivity contribution < 1.29 is 14.3 Å². The van der Waals surface area contributed by atoms with Crippen LogP contribution in [0.4, 0.5) is 5.69 Å². The van der Waals surface area contributed by atoms with E-state index in [9.17, 15) is 4.79 Å². The minimum Gasteiger partial charge on any atom is -0.454 e. The molecule has 1 heterocycles. The number of nitrogens with one attached hydrogen (secondary N) is 2. The van der Waals surface area contributed by atoms with Gasteiger partial charge in [0.05, 0.1) is 10.7 Å². The molecule has 23 heavy (non-hydrogen) atoms. The molecule has 0 saturated carbocycles. The molecule has 0 aliphatic carbocycles. The summed E-state index contributed by atoms with van der Waals surface area (Å²) in [6.07, 6.45) is 0. The second kappa shape index (κ2) is 6.62. The zero-order valence-electron chi connectivity index (χ0n) is 11.6. The third kappa shape index (κ3) is 3.67. The topological polar surface area (TPSA) is 59.6 Å². The quantitative estimate of drug-likeness (QED) is 0.788. The number of ether oxygens (including phenoxy) is 2. The summed E-state index contributed by atoms with van der Waals surface area (Å²) in [4.78, 5) is 12.2. The summed E-state index contributed by atoms with van der Waals surface area (Å²) in [5.41, 5.74) is 0.952. The van der Waals surface area contributed by atoms with Crippen LogP contribution in [-0.4, -0.2) is 17.8 Å². The molecule has 118 valence electrons. The first-order chi connectivity index (χ1) is 11.0. The van der Waals surface area contributed by atoms with Gasteiger partial charge in [-0.05, 0) is 48.6 Å². The lowest BCUT2D eigenvalue weighted by Gasteiger charge is -2.11. The number of carbonyl (C=O) groups excluding carboxylic acids is 1. The Morgan fingerprint density at radius 2 is 1.87 bits per heavy atom. The summed E-state index contributed by atoms with van der Waals surface area (Å²) in [5.74, 6) is 0.762. The maximum absolute atomic E-state index is 12.2. The van der Waals surface area contributed by atoms with Crippen molar-refractivity contribution in [2.75, 3.05) is 12.1 Å². The highest BCUT2D eigenvalue weighted by Crippen LogP contribution is 2.32. The molecule has 5 nitrogen and oxygen atoms in total. The van der Waals surface area contributed by atoms with Crippen LogP contribution in [0.3, 0.4) is 0 Å². The molecule has 0 fully saturated rings. The highest BCUT2D eigenvalue weighted by Gasteiger charge is 2.17. The van der Waals surface area contributed by atoms with Crippen LogP contribution in [-0.2, 0) is 0 Å². The Hall–Kier alpha value is -2.02. The molecular weight excluding hydrogens is 359 g/mol. The van der Waals surface area contributed by atoms with E-state index in [1.807, 2.05) is 0 Å². The fourth-order valence-corrected chi connectivity index (χ4v) is 2.62. The van der Waals surface area contributed by atoms with Crippen LogP contribution in [0.2, 0.25) is 10.0 Å². The Morgan fingerprint density at radius 1 is 1.09 bits per heavy atom. The Balaban J connectivity index is 1.66. The summed E-state index contributed by atoms with van der Waals surface area (Å²) in [7, 11) is 0. The van der Waals surface area contributed by atoms with E-state index in [2.05, 4.69) is 10.6 Å². The van der Waals surface area contributed by atoms with Gasteiger partial charge in [0, 0.05) is 10.6 Å². The van der Waals surface area contributed by atoms with E-state index in [0.717, 1.165) is 0 Å². The lowest BCUT2D eigenvalue weighted by Crippen LogP contribution is -2.34. The van der Waals surface area contributed by atoms with Gasteiger partial charge in [-0.15, -0.1) is 0 Å². The fraction of sp³-hybridized carbons (Fsp3) is 0.0667. The van der Waals surface area contributed by atoms with Gasteiger partial charge in [0.1, 0.15) is 0 Å². The largest absolute Gasteiger partial charge is 0.454 e. The van der Waals surface area contributed by atoms with Crippen molar-refractivity contribution in [2.24, 2.45) is 0 Å².